The Kier molecular flexibility index (Phi) is 7.40. The number of piperidine rings is 1. The highest BCUT2D eigenvalue weighted by atomic mass is 35.5. The molecule has 2 heterocycles. The van der Waals surface area contributed by atoms with Crippen molar-refractivity contribution in [3.05, 3.63) is 75.2 Å². The van der Waals surface area contributed by atoms with Crippen LogP contribution in [0.3, 0.4) is 0 Å². The summed E-state index contributed by atoms with van der Waals surface area (Å²) in [4.78, 5) is 13.7. The van der Waals surface area contributed by atoms with Crippen molar-refractivity contribution in [2.75, 3.05) is 18.1 Å². The van der Waals surface area contributed by atoms with E-state index in [-0.39, 0.29) is 18.0 Å². The van der Waals surface area contributed by atoms with E-state index in [0.717, 1.165) is 43.6 Å². The van der Waals surface area contributed by atoms with Crippen molar-refractivity contribution in [1.29, 1.82) is 0 Å². The normalized spacial score (nSPS) is 22.3. The monoisotopic (exact) mass is 570 g/mol. The summed E-state index contributed by atoms with van der Waals surface area (Å²) in [6.45, 7) is 3.15. The number of anilines is 1. The maximum atomic E-state index is 15.1. The predicted molar refractivity (Wildman–Crippen MR) is 148 cm³/mol. The Morgan fingerprint density at radius 3 is 2.67 bits per heavy atom. The minimum atomic E-state index is -0.442. The zero-order valence-electron chi connectivity index (χ0n) is 21.5. The van der Waals surface area contributed by atoms with Gasteiger partial charge in [-0.05, 0) is 68.5 Å². The molecule has 0 radical (unpaired) electrons. The summed E-state index contributed by atoms with van der Waals surface area (Å²) >= 11 is 13.0. The lowest BCUT2D eigenvalue weighted by Gasteiger charge is -2.33. The minimum Gasteiger partial charge on any atom is -0.463 e. The fourth-order valence-electron chi connectivity index (χ4n) is 5.86. The molecule has 39 heavy (non-hydrogen) atoms. The average Bonchev–Trinajstić information content (AvgIpc) is 3.37. The van der Waals surface area contributed by atoms with E-state index in [1.54, 1.807) is 31.2 Å². The van der Waals surface area contributed by atoms with Gasteiger partial charge in [-0.2, -0.15) is 0 Å². The van der Waals surface area contributed by atoms with Crippen LogP contribution in [0.1, 0.15) is 55.4 Å². The molecule has 2 aliphatic carbocycles. The molecule has 3 aromatic rings. The molecule has 3 atom stereocenters. The number of hydrogen-bond donors (Lipinski definition) is 0. The lowest BCUT2D eigenvalue weighted by Crippen LogP contribution is -2.39. The Morgan fingerprint density at radius 2 is 2.00 bits per heavy atom. The number of aromatic nitrogens is 1. The predicted octanol–water partition coefficient (Wildman–Crippen LogP) is 7.43. The molecular formula is C30H29Cl2FN2O4. The van der Waals surface area contributed by atoms with Gasteiger partial charge in [-0.15, -0.1) is 0 Å². The first-order valence-electron chi connectivity index (χ1n) is 13.4. The van der Waals surface area contributed by atoms with E-state index in [9.17, 15) is 4.79 Å². The molecular weight excluding hydrogens is 542 g/mol. The fourth-order valence-corrected chi connectivity index (χ4v) is 6.43. The number of carbonyl (C=O) groups is 1. The Bertz CT molecular complexity index is 1400. The van der Waals surface area contributed by atoms with E-state index < -0.39 is 5.97 Å². The largest absolute Gasteiger partial charge is 0.463 e. The molecule has 2 saturated carbocycles. The van der Waals surface area contributed by atoms with Gasteiger partial charge in [0, 0.05) is 41.6 Å². The Labute approximate surface area is 236 Å². The first kappa shape index (κ1) is 26.4. The highest BCUT2D eigenvalue weighted by Gasteiger charge is 2.46. The summed E-state index contributed by atoms with van der Waals surface area (Å²) in [7, 11) is 0. The van der Waals surface area contributed by atoms with Gasteiger partial charge in [0.15, 0.2) is 0 Å². The molecule has 0 amide bonds. The zero-order chi connectivity index (χ0) is 27.1. The molecule has 3 aliphatic rings. The number of carbonyl (C=O) groups excluding carboxylic acids is 1. The van der Waals surface area contributed by atoms with Crippen molar-refractivity contribution >= 4 is 40.9 Å². The topological polar surface area (TPSA) is 64.8 Å². The van der Waals surface area contributed by atoms with Gasteiger partial charge in [0.05, 0.1) is 35.1 Å². The summed E-state index contributed by atoms with van der Waals surface area (Å²) in [5.41, 5.74) is 3.44. The van der Waals surface area contributed by atoms with Crippen molar-refractivity contribution in [3.8, 4) is 11.3 Å². The van der Waals surface area contributed by atoms with Crippen LogP contribution in [-0.2, 0) is 20.9 Å². The smallest absolute Gasteiger partial charge is 0.330 e. The molecule has 6 nitrogen and oxygen atoms in total. The van der Waals surface area contributed by atoms with Gasteiger partial charge in [0.25, 0.3) is 0 Å². The summed E-state index contributed by atoms with van der Waals surface area (Å²) in [5, 5.41) is 5.41. The van der Waals surface area contributed by atoms with Gasteiger partial charge in [-0.3, -0.25) is 0 Å². The summed E-state index contributed by atoms with van der Waals surface area (Å²) in [5.74, 6) is 0.785. The van der Waals surface area contributed by atoms with Crippen LogP contribution in [0.2, 0.25) is 10.0 Å². The van der Waals surface area contributed by atoms with Crippen LogP contribution in [0.5, 0.6) is 0 Å². The Balaban J connectivity index is 1.13. The lowest BCUT2D eigenvalue weighted by molar-refractivity contribution is -0.137. The number of rotatable bonds is 9. The van der Waals surface area contributed by atoms with Crippen molar-refractivity contribution in [1.82, 2.24) is 5.16 Å². The Hall–Kier alpha value is -2.87. The molecule has 1 saturated heterocycles. The number of hydrogen-bond acceptors (Lipinski definition) is 6. The number of esters is 1. The molecule has 1 aliphatic heterocycles. The van der Waals surface area contributed by atoms with Gasteiger partial charge >= 0.3 is 5.97 Å². The van der Waals surface area contributed by atoms with E-state index in [1.165, 1.54) is 12.1 Å². The summed E-state index contributed by atoms with van der Waals surface area (Å²) in [6, 6.07) is 10.7. The maximum absolute atomic E-state index is 15.1. The van der Waals surface area contributed by atoms with Gasteiger partial charge < -0.3 is 18.9 Å². The van der Waals surface area contributed by atoms with Crippen molar-refractivity contribution in [2.24, 2.45) is 5.92 Å². The van der Waals surface area contributed by atoms with E-state index in [1.807, 2.05) is 12.1 Å². The van der Waals surface area contributed by atoms with Gasteiger partial charge in [0.1, 0.15) is 17.3 Å². The molecule has 9 heteroatoms. The standard InChI is InChI=1S/C30H29Cl2FN2O4/c1-2-37-27(36)11-7-17-6-10-25(24(33)12-17)35-15-19-13-20(35)14-26(19)38-16-21-29(34-39-30(21)18-8-9-18)28-22(31)4-3-5-23(28)32/h3-7,10-12,18-20,26H,2,8-9,13-16H2,1H3/b11-7+/t19-,20-,26+/m0/s1. The van der Waals surface area contributed by atoms with E-state index in [0.29, 0.717) is 57.6 Å². The second-order valence-electron chi connectivity index (χ2n) is 10.4. The average molecular weight is 571 g/mol. The van der Waals surface area contributed by atoms with Gasteiger partial charge in [-0.25, -0.2) is 9.18 Å². The SMILES string of the molecule is CCOC(=O)/C=C/c1ccc(N2C[C@@H]3C[C@H]2C[C@H]3OCc2c(-c3c(Cl)cccc3Cl)noc2C2CC2)c(F)c1. The number of benzene rings is 2. The van der Waals surface area contributed by atoms with Crippen molar-refractivity contribution in [2.45, 2.75) is 57.3 Å². The van der Waals surface area contributed by atoms with Crippen LogP contribution in [-0.4, -0.2) is 36.4 Å². The van der Waals surface area contributed by atoms with E-state index in [4.69, 9.17) is 37.2 Å². The highest BCUT2D eigenvalue weighted by molar-refractivity contribution is 6.39. The first-order valence-corrected chi connectivity index (χ1v) is 14.1. The summed E-state index contributed by atoms with van der Waals surface area (Å²) in [6.07, 6.45) is 6.87. The van der Waals surface area contributed by atoms with Crippen LogP contribution in [0.15, 0.2) is 47.0 Å². The number of ether oxygens (including phenoxy) is 2. The minimum absolute atomic E-state index is 0.0672. The first-order chi connectivity index (χ1) is 18.9. The van der Waals surface area contributed by atoms with Crippen LogP contribution in [0.4, 0.5) is 10.1 Å². The third-order valence-electron chi connectivity index (χ3n) is 7.86. The second kappa shape index (κ2) is 11.0. The maximum Gasteiger partial charge on any atom is 0.330 e. The molecule has 204 valence electrons. The molecule has 0 spiro atoms. The highest BCUT2D eigenvalue weighted by Crippen LogP contribution is 2.47. The van der Waals surface area contributed by atoms with Crippen LogP contribution in [0, 0.1) is 11.7 Å². The molecule has 2 aromatic carbocycles. The van der Waals surface area contributed by atoms with Gasteiger partial charge in [-0.1, -0.05) is 40.5 Å². The number of halogens is 3. The number of fused-ring (bicyclic) bond motifs is 2. The van der Waals surface area contributed by atoms with Gasteiger partial charge in [0.2, 0.25) is 0 Å². The zero-order valence-corrected chi connectivity index (χ0v) is 23.1. The van der Waals surface area contributed by atoms with Crippen LogP contribution < -0.4 is 4.90 Å². The molecule has 0 unspecified atom stereocenters. The fraction of sp³-hybridized carbons (Fsp3) is 0.400. The molecule has 3 fully saturated rings. The quantitative estimate of drug-likeness (QED) is 0.197. The lowest BCUT2D eigenvalue weighted by atomic mass is 10.0. The van der Waals surface area contributed by atoms with Crippen molar-refractivity contribution < 1.29 is 23.2 Å². The molecule has 1 aromatic heterocycles. The van der Waals surface area contributed by atoms with E-state index in [2.05, 4.69) is 10.1 Å². The third-order valence-corrected chi connectivity index (χ3v) is 8.49. The molecule has 2 bridgehead atoms. The van der Waals surface area contributed by atoms with Crippen molar-refractivity contribution in [3.63, 3.8) is 0 Å². The third kappa shape index (κ3) is 5.32. The molecule has 6 rings (SSSR count). The van der Waals surface area contributed by atoms with Crippen LogP contribution >= 0.6 is 23.2 Å². The van der Waals surface area contributed by atoms with Crippen LogP contribution in [0.25, 0.3) is 17.3 Å². The summed E-state index contributed by atoms with van der Waals surface area (Å²) < 4.78 is 32.2. The molecule has 0 N–H and O–H groups in total. The number of nitrogens with zero attached hydrogens (tertiary/aromatic N) is 2. The van der Waals surface area contributed by atoms with E-state index >= 15 is 4.39 Å². The Morgan fingerprint density at radius 1 is 1.21 bits per heavy atom. The second-order valence-corrected chi connectivity index (χ2v) is 11.2.